The van der Waals surface area contributed by atoms with Crippen LogP contribution in [-0.4, -0.2) is 66.8 Å². The molecule has 1 aromatic heterocycles. The molecular formula is C26H38N2O4S. The maximum absolute atomic E-state index is 13.5. The summed E-state index contributed by atoms with van der Waals surface area (Å²) in [6.45, 7) is 9.10. The van der Waals surface area contributed by atoms with Crippen molar-refractivity contribution in [2.45, 2.75) is 52.2 Å². The molecule has 1 aliphatic rings. The third-order valence-corrected chi connectivity index (χ3v) is 6.95. The van der Waals surface area contributed by atoms with Gasteiger partial charge in [-0.2, -0.15) is 0 Å². The molecule has 2 heterocycles. The van der Waals surface area contributed by atoms with Gasteiger partial charge in [-0.1, -0.05) is 27.2 Å². The summed E-state index contributed by atoms with van der Waals surface area (Å²) in [6.07, 6.45) is 2.16. The third kappa shape index (κ3) is 7.19. The monoisotopic (exact) mass is 474 g/mol. The fourth-order valence-corrected chi connectivity index (χ4v) is 5.37. The normalized spacial score (nSPS) is 16.7. The number of hydrogen-bond acceptors (Lipinski definition) is 6. The van der Waals surface area contributed by atoms with Crippen molar-refractivity contribution in [3.63, 3.8) is 0 Å². The number of thiophene rings is 1. The summed E-state index contributed by atoms with van der Waals surface area (Å²) < 4.78 is 11.3. The summed E-state index contributed by atoms with van der Waals surface area (Å²) in [5.74, 6) is 2.06. The minimum atomic E-state index is -0.402. The fraction of sp³-hybridized carbons (Fsp3) is 0.577. The number of hydrogen-bond donors (Lipinski definition) is 1. The van der Waals surface area contributed by atoms with Crippen molar-refractivity contribution < 1.29 is 19.4 Å². The molecule has 0 aliphatic carbocycles. The van der Waals surface area contributed by atoms with Gasteiger partial charge in [-0.25, -0.2) is 0 Å². The molecule has 2 aromatic rings. The van der Waals surface area contributed by atoms with Crippen molar-refractivity contribution in [2.24, 2.45) is 5.92 Å². The van der Waals surface area contributed by atoms with Crippen LogP contribution >= 0.6 is 11.3 Å². The van der Waals surface area contributed by atoms with E-state index in [-0.39, 0.29) is 11.9 Å². The molecule has 0 saturated carbocycles. The lowest BCUT2D eigenvalue weighted by Gasteiger charge is -2.37. The second-order valence-electron chi connectivity index (χ2n) is 9.17. The van der Waals surface area contributed by atoms with Crippen LogP contribution in [0.25, 0.3) is 0 Å². The maximum Gasteiger partial charge on any atom is 0.237 e. The van der Waals surface area contributed by atoms with Crippen LogP contribution in [0.4, 0.5) is 0 Å². The van der Waals surface area contributed by atoms with Gasteiger partial charge in [-0.15, -0.1) is 11.3 Å². The molecule has 0 spiro atoms. The van der Waals surface area contributed by atoms with Gasteiger partial charge in [0.05, 0.1) is 25.8 Å². The summed E-state index contributed by atoms with van der Waals surface area (Å²) >= 11 is 1.75. The van der Waals surface area contributed by atoms with E-state index in [2.05, 4.69) is 37.1 Å². The summed E-state index contributed by atoms with van der Waals surface area (Å²) in [6, 6.07) is 9.54. The molecule has 182 valence electrons. The SMILES string of the molecule is CCC[C@H](O)CN(CC(=O)N1CCc2sccc2[C@H]1COc1ccc(OC)cc1)CC(C)C. The fourth-order valence-electron chi connectivity index (χ4n) is 4.45. The summed E-state index contributed by atoms with van der Waals surface area (Å²) in [4.78, 5) is 18.9. The number of benzene rings is 1. The second-order valence-corrected chi connectivity index (χ2v) is 10.2. The molecule has 3 rings (SSSR count). The van der Waals surface area contributed by atoms with E-state index in [1.165, 1.54) is 10.4 Å². The van der Waals surface area contributed by atoms with E-state index in [0.717, 1.165) is 37.3 Å². The first kappa shape index (κ1) is 25.5. The highest BCUT2D eigenvalue weighted by atomic mass is 32.1. The van der Waals surface area contributed by atoms with Crippen LogP contribution in [-0.2, 0) is 11.2 Å². The Morgan fingerprint density at radius 2 is 1.94 bits per heavy atom. The van der Waals surface area contributed by atoms with Crippen molar-refractivity contribution >= 4 is 17.2 Å². The zero-order chi connectivity index (χ0) is 23.8. The lowest BCUT2D eigenvalue weighted by molar-refractivity contribution is -0.136. The molecule has 7 heteroatoms. The number of ether oxygens (including phenoxy) is 2. The molecule has 0 radical (unpaired) electrons. The minimum absolute atomic E-state index is 0.0968. The number of aliphatic hydroxyl groups is 1. The number of aliphatic hydroxyl groups excluding tert-OH is 1. The highest BCUT2D eigenvalue weighted by molar-refractivity contribution is 7.10. The molecule has 1 aliphatic heterocycles. The van der Waals surface area contributed by atoms with Gasteiger partial charge in [-0.3, -0.25) is 9.69 Å². The number of amides is 1. The highest BCUT2D eigenvalue weighted by Crippen LogP contribution is 2.34. The van der Waals surface area contributed by atoms with Gasteiger partial charge in [0.25, 0.3) is 0 Å². The molecule has 0 fully saturated rings. The molecule has 0 saturated heterocycles. The molecule has 6 nitrogen and oxygen atoms in total. The molecule has 1 N–H and O–H groups in total. The Kier molecular flexibility index (Phi) is 9.59. The molecule has 2 atom stereocenters. The van der Waals surface area contributed by atoms with Gasteiger partial charge in [0.15, 0.2) is 0 Å². The van der Waals surface area contributed by atoms with Crippen LogP contribution in [0.5, 0.6) is 11.5 Å². The molecule has 1 aromatic carbocycles. The number of carbonyl (C=O) groups excluding carboxylic acids is 1. The van der Waals surface area contributed by atoms with Gasteiger partial charge >= 0.3 is 0 Å². The summed E-state index contributed by atoms with van der Waals surface area (Å²) in [5.41, 5.74) is 1.19. The molecule has 0 unspecified atom stereocenters. The Hall–Kier alpha value is -2.09. The van der Waals surface area contributed by atoms with Crippen LogP contribution in [0.1, 0.15) is 50.1 Å². The van der Waals surface area contributed by atoms with Crippen LogP contribution in [0.3, 0.4) is 0 Å². The van der Waals surface area contributed by atoms with Crippen LogP contribution in [0.2, 0.25) is 0 Å². The van der Waals surface area contributed by atoms with Crippen molar-refractivity contribution in [1.82, 2.24) is 9.80 Å². The third-order valence-electron chi connectivity index (χ3n) is 5.96. The van der Waals surface area contributed by atoms with E-state index in [4.69, 9.17) is 9.47 Å². The summed E-state index contributed by atoms with van der Waals surface area (Å²) in [7, 11) is 1.64. The standard InChI is InChI=1S/C26H38N2O4S/c1-5-6-20(29)16-27(15-19(2)3)17-26(30)28-13-11-25-23(12-14-33-25)24(28)18-32-22-9-7-21(31-4)8-10-22/h7-10,12,14,19-20,24,29H,5-6,11,13,15-18H2,1-4H3/t20-,24+/m0/s1. The number of methoxy groups -OCH3 is 1. The Morgan fingerprint density at radius 3 is 2.61 bits per heavy atom. The lowest BCUT2D eigenvalue weighted by atomic mass is 10.00. The van der Waals surface area contributed by atoms with Gasteiger partial charge in [-0.05, 0) is 60.0 Å². The number of carbonyl (C=O) groups is 1. The van der Waals surface area contributed by atoms with E-state index < -0.39 is 6.10 Å². The first-order chi connectivity index (χ1) is 15.9. The first-order valence-electron chi connectivity index (χ1n) is 11.9. The van der Waals surface area contributed by atoms with Gasteiger partial charge in [0, 0.05) is 24.5 Å². The van der Waals surface area contributed by atoms with Crippen molar-refractivity contribution in [3.8, 4) is 11.5 Å². The lowest BCUT2D eigenvalue weighted by Crippen LogP contribution is -2.48. The quantitative estimate of drug-likeness (QED) is 0.495. The van der Waals surface area contributed by atoms with Crippen LogP contribution < -0.4 is 9.47 Å². The van der Waals surface area contributed by atoms with Crippen molar-refractivity contribution in [1.29, 1.82) is 0 Å². The Bertz CT molecular complexity index is 867. The molecule has 1 amide bonds. The Labute approximate surface area is 202 Å². The zero-order valence-electron chi connectivity index (χ0n) is 20.3. The van der Waals surface area contributed by atoms with Gasteiger partial charge in [0.1, 0.15) is 18.1 Å². The van der Waals surface area contributed by atoms with E-state index in [0.29, 0.717) is 32.2 Å². The smallest absolute Gasteiger partial charge is 0.237 e. The number of rotatable bonds is 12. The Morgan fingerprint density at radius 1 is 1.21 bits per heavy atom. The topological polar surface area (TPSA) is 62.2 Å². The summed E-state index contributed by atoms with van der Waals surface area (Å²) in [5, 5.41) is 12.5. The average Bonchev–Trinajstić information content (AvgIpc) is 3.26. The van der Waals surface area contributed by atoms with E-state index in [1.54, 1.807) is 18.4 Å². The van der Waals surface area contributed by atoms with Crippen LogP contribution in [0, 0.1) is 5.92 Å². The highest BCUT2D eigenvalue weighted by Gasteiger charge is 2.33. The van der Waals surface area contributed by atoms with Gasteiger partial charge < -0.3 is 19.5 Å². The second kappa shape index (κ2) is 12.4. The number of fused-ring (bicyclic) bond motifs is 1. The molecular weight excluding hydrogens is 436 g/mol. The van der Waals surface area contributed by atoms with Crippen LogP contribution in [0.15, 0.2) is 35.7 Å². The largest absolute Gasteiger partial charge is 0.497 e. The number of nitrogens with zero attached hydrogens (tertiary/aromatic N) is 2. The Balaban J connectivity index is 1.71. The molecule has 33 heavy (non-hydrogen) atoms. The average molecular weight is 475 g/mol. The zero-order valence-corrected chi connectivity index (χ0v) is 21.1. The van der Waals surface area contributed by atoms with Crippen molar-refractivity contribution in [3.05, 3.63) is 46.2 Å². The predicted molar refractivity (Wildman–Crippen MR) is 133 cm³/mol. The molecule has 0 bridgehead atoms. The maximum atomic E-state index is 13.5. The first-order valence-corrected chi connectivity index (χ1v) is 12.8. The van der Waals surface area contributed by atoms with E-state index >= 15 is 0 Å². The van der Waals surface area contributed by atoms with Crippen molar-refractivity contribution in [2.75, 3.05) is 39.9 Å². The predicted octanol–water partition coefficient (Wildman–Crippen LogP) is 4.38. The van der Waals surface area contributed by atoms with E-state index in [1.807, 2.05) is 29.2 Å². The minimum Gasteiger partial charge on any atom is -0.497 e. The van der Waals surface area contributed by atoms with Gasteiger partial charge in [0.2, 0.25) is 5.91 Å². The van der Waals surface area contributed by atoms with E-state index in [9.17, 15) is 9.90 Å².